The molecule has 1 saturated heterocycles. The first-order valence-electron chi connectivity index (χ1n) is 11.1. The molecule has 0 radical (unpaired) electrons. The van der Waals surface area contributed by atoms with E-state index in [9.17, 15) is 0 Å². The fourth-order valence-electron chi connectivity index (χ4n) is 3.39. The average molecular weight is 553 g/mol. The maximum absolute atomic E-state index is 5.60. The van der Waals surface area contributed by atoms with Crippen molar-refractivity contribution in [3.05, 3.63) is 59.3 Å². The molecule has 3 rings (SSSR count). The molecular weight excluding hydrogens is 517 g/mol. The van der Waals surface area contributed by atoms with Crippen LogP contribution in [0.5, 0.6) is 5.88 Å². The van der Waals surface area contributed by atoms with Gasteiger partial charge in [0.25, 0.3) is 0 Å². The Hall–Kier alpha value is -1.91. The predicted octanol–water partition coefficient (Wildman–Crippen LogP) is 3.57. The molecule has 8 heteroatoms. The van der Waals surface area contributed by atoms with Crippen molar-refractivity contribution in [2.45, 2.75) is 46.5 Å². The highest BCUT2D eigenvalue weighted by molar-refractivity contribution is 14.0. The van der Waals surface area contributed by atoms with Gasteiger partial charge < -0.3 is 20.1 Å². The van der Waals surface area contributed by atoms with Crippen LogP contribution >= 0.6 is 24.0 Å². The zero-order chi connectivity index (χ0) is 21.9. The number of nitrogens with one attached hydrogen (secondary N) is 2. The van der Waals surface area contributed by atoms with Gasteiger partial charge in [-0.25, -0.2) is 9.98 Å². The van der Waals surface area contributed by atoms with Crippen LogP contribution in [0, 0.1) is 0 Å². The molecule has 1 fully saturated rings. The third-order valence-electron chi connectivity index (χ3n) is 4.98. The molecule has 1 aromatic carbocycles. The summed E-state index contributed by atoms with van der Waals surface area (Å²) in [5, 5.41) is 6.80. The third-order valence-corrected chi connectivity index (χ3v) is 4.98. The van der Waals surface area contributed by atoms with Crippen molar-refractivity contribution in [1.29, 1.82) is 0 Å². The van der Waals surface area contributed by atoms with Gasteiger partial charge in [0.05, 0.1) is 25.9 Å². The minimum Gasteiger partial charge on any atom is -0.475 e. The maximum Gasteiger partial charge on any atom is 0.213 e. The first-order valence-corrected chi connectivity index (χ1v) is 11.1. The SMILES string of the molecule is CCNC(=NCc1ccc(OC(C)C)nc1)NCc1ccccc1CN1CCOCC1.I. The quantitative estimate of drug-likeness (QED) is 0.281. The van der Waals surface area contributed by atoms with E-state index in [1.54, 1.807) is 0 Å². The molecule has 0 saturated carbocycles. The first-order chi connectivity index (χ1) is 15.1. The van der Waals surface area contributed by atoms with Gasteiger partial charge in [0, 0.05) is 45.0 Å². The highest BCUT2D eigenvalue weighted by Gasteiger charge is 2.12. The second kappa shape index (κ2) is 14.3. The second-order valence-corrected chi connectivity index (χ2v) is 7.88. The Morgan fingerprint density at radius 3 is 2.53 bits per heavy atom. The number of hydrogen-bond donors (Lipinski definition) is 2. The number of nitrogens with zero attached hydrogens (tertiary/aromatic N) is 3. The van der Waals surface area contributed by atoms with Crippen LogP contribution < -0.4 is 15.4 Å². The number of benzene rings is 1. The predicted molar refractivity (Wildman–Crippen MR) is 140 cm³/mol. The van der Waals surface area contributed by atoms with E-state index in [-0.39, 0.29) is 30.1 Å². The Kier molecular flexibility index (Phi) is 11.8. The van der Waals surface area contributed by atoms with Gasteiger partial charge in [-0.3, -0.25) is 4.90 Å². The number of aromatic nitrogens is 1. The number of hydrogen-bond acceptors (Lipinski definition) is 5. The van der Waals surface area contributed by atoms with Crippen molar-refractivity contribution in [2.75, 3.05) is 32.8 Å². The molecule has 2 heterocycles. The Morgan fingerprint density at radius 1 is 1.12 bits per heavy atom. The van der Waals surface area contributed by atoms with Gasteiger partial charge in [0.2, 0.25) is 5.88 Å². The Bertz CT molecular complexity index is 823. The second-order valence-electron chi connectivity index (χ2n) is 7.88. The molecule has 0 unspecified atom stereocenters. The monoisotopic (exact) mass is 553 g/mol. The highest BCUT2D eigenvalue weighted by Crippen LogP contribution is 2.13. The number of ether oxygens (including phenoxy) is 2. The third kappa shape index (κ3) is 8.91. The lowest BCUT2D eigenvalue weighted by atomic mass is 10.1. The maximum atomic E-state index is 5.60. The minimum atomic E-state index is 0. The van der Waals surface area contributed by atoms with Gasteiger partial charge in [0.1, 0.15) is 0 Å². The van der Waals surface area contributed by atoms with Crippen molar-refractivity contribution in [1.82, 2.24) is 20.5 Å². The van der Waals surface area contributed by atoms with Crippen molar-refractivity contribution in [3.8, 4) is 5.88 Å². The minimum absolute atomic E-state index is 0. The number of rotatable bonds is 9. The fourth-order valence-corrected chi connectivity index (χ4v) is 3.39. The largest absolute Gasteiger partial charge is 0.475 e. The Morgan fingerprint density at radius 2 is 1.88 bits per heavy atom. The molecule has 0 amide bonds. The molecule has 0 spiro atoms. The molecule has 7 nitrogen and oxygen atoms in total. The van der Waals surface area contributed by atoms with Gasteiger partial charge in [-0.05, 0) is 37.5 Å². The van der Waals surface area contributed by atoms with Crippen molar-refractivity contribution in [3.63, 3.8) is 0 Å². The van der Waals surface area contributed by atoms with E-state index in [4.69, 9.17) is 14.5 Å². The zero-order valence-electron chi connectivity index (χ0n) is 19.3. The number of guanidine groups is 1. The molecule has 1 aliphatic rings. The van der Waals surface area contributed by atoms with Crippen molar-refractivity contribution >= 4 is 29.9 Å². The summed E-state index contributed by atoms with van der Waals surface area (Å²) in [7, 11) is 0. The van der Waals surface area contributed by atoms with Crippen molar-refractivity contribution < 1.29 is 9.47 Å². The van der Waals surface area contributed by atoms with E-state index < -0.39 is 0 Å². The summed E-state index contributed by atoms with van der Waals surface area (Å²) in [6, 6.07) is 12.5. The van der Waals surface area contributed by atoms with Crippen molar-refractivity contribution in [2.24, 2.45) is 4.99 Å². The molecule has 1 aromatic heterocycles. The smallest absolute Gasteiger partial charge is 0.213 e. The van der Waals surface area contributed by atoms with E-state index in [0.717, 1.165) is 57.5 Å². The van der Waals surface area contributed by atoms with Crippen LogP contribution in [0.15, 0.2) is 47.6 Å². The molecule has 2 N–H and O–H groups in total. The average Bonchev–Trinajstić information content (AvgIpc) is 2.78. The standard InChI is InChI=1S/C24H35N5O2.HI/c1-4-25-24(27-16-20-9-10-23(26-15-20)31-19(2)3)28-17-21-7-5-6-8-22(21)18-29-11-13-30-14-12-29;/h5-10,15,19H,4,11-14,16-18H2,1-3H3,(H2,25,27,28);1H. The molecule has 176 valence electrons. The van der Waals surface area contributed by atoms with Crippen LogP contribution in [0.3, 0.4) is 0 Å². The molecule has 32 heavy (non-hydrogen) atoms. The van der Waals surface area contributed by atoms with Crippen LogP contribution in [-0.2, 0) is 24.4 Å². The number of aliphatic imine (C=N–C) groups is 1. The van der Waals surface area contributed by atoms with Crippen LogP contribution in [0.1, 0.15) is 37.5 Å². The lowest BCUT2D eigenvalue weighted by Crippen LogP contribution is -2.38. The lowest BCUT2D eigenvalue weighted by Gasteiger charge is -2.27. The number of morpholine rings is 1. The molecular formula is C24H36IN5O2. The summed E-state index contributed by atoms with van der Waals surface area (Å²) in [6.45, 7) is 12.7. The first kappa shape index (κ1) is 26.3. The van der Waals surface area contributed by atoms with Gasteiger partial charge in [-0.1, -0.05) is 30.3 Å². The number of halogens is 1. The Labute approximate surface area is 209 Å². The normalized spacial score (nSPS) is 14.7. The topological polar surface area (TPSA) is 71.0 Å². The fraction of sp³-hybridized carbons (Fsp3) is 0.500. The lowest BCUT2D eigenvalue weighted by molar-refractivity contribution is 0.0341. The van der Waals surface area contributed by atoms with E-state index in [1.165, 1.54) is 11.1 Å². The molecule has 0 atom stereocenters. The summed E-state index contributed by atoms with van der Waals surface area (Å²) in [5.41, 5.74) is 3.68. The summed E-state index contributed by atoms with van der Waals surface area (Å²) >= 11 is 0. The van der Waals surface area contributed by atoms with Crippen LogP contribution in [0.25, 0.3) is 0 Å². The van der Waals surface area contributed by atoms with Gasteiger partial charge in [-0.15, -0.1) is 24.0 Å². The van der Waals surface area contributed by atoms with E-state index >= 15 is 0 Å². The summed E-state index contributed by atoms with van der Waals surface area (Å²) in [5.74, 6) is 1.44. The van der Waals surface area contributed by atoms with E-state index in [0.29, 0.717) is 12.4 Å². The summed E-state index contributed by atoms with van der Waals surface area (Å²) < 4.78 is 11.1. The summed E-state index contributed by atoms with van der Waals surface area (Å²) in [6.07, 6.45) is 1.94. The van der Waals surface area contributed by atoms with E-state index in [2.05, 4.69) is 51.7 Å². The van der Waals surface area contributed by atoms with E-state index in [1.807, 2.05) is 32.2 Å². The van der Waals surface area contributed by atoms with Crippen LogP contribution in [-0.4, -0.2) is 54.8 Å². The van der Waals surface area contributed by atoms with Crippen LogP contribution in [0.4, 0.5) is 0 Å². The summed E-state index contributed by atoms with van der Waals surface area (Å²) in [4.78, 5) is 11.5. The number of pyridine rings is 1. The molecule has 2 aromatic rings. The van der Waals surface area contributed by atoms with Gasteiger partial charge in [0.15, 0.2) is 5.96 Å². The van der Waals surface area contributed by atoms with Gasteiger partial charge in [-0.2, -0.15) is 0 Å². The Balaban J connectivity index is 0.00000363. The molecule has 0 aliphatic carbocycles. The molecule has 0 bridgehead atoms. The highest BCUT2D eigenvalue weighted by atomic mass is 127. The zero-order valence-corrected chi connectivity index (χ0v) is 21.7. The van der Waals surface area contributed by atoms with Gasteiger partial charge >= 0.3 is 0 Å². The molecule has 1 aliphatic heterocycles. The van der Waals surface area contributed by atoms with Crippen LogP contribution in [0.2, 0.25) is 0 Å².